The Labute approximate surface area is 164 Å². The molecule has 2 heterocycles. The second-order valence-electron chi connectivity index (χ2n) is 6.90. The third-order valence-electron chi connectivity index (χ3n) is 4.79. The van der Waals surface area contributed by atoms with Crippen molar-refractivity contribution in [2.24, 2.45) is 4.99 Å². The number of benzene rings is 2. The van der Waals surface area contributed by atoms with Gasteiger partial charge < -0.3 is 10.4 Å². The van der Waals surface area contributed by atoms with E-state index in [1.165, 1.54) is 10.2 Å². The van der Waals surface area contributed by atoms with E-state index in [-0.39, 0.29) is 0 Å². The number of allylic oxidation sites excluding steroid dienone is 1. The highest BCUT2D eigenvalue weighted by Gasteiger charge is 2.24. The smallest absolute Gasteiger partial charge is 0.250 e. The summed E-state index contributed by atoms with van der Waals surface area (Å²) in [6, 6.07) is 16.2. The summed E-state index contributed by atoms with van der Waals surface area (Å²) in [5.74, 6) is 1.03. The number of hydrogen-bond donors (Lipinski definition) is 2. The molecule has 142 valence electrons. The van der Waals surface area contributed by atoms with Gasteiger partial charge in [-0.1, -0.05) is 42.5 Å². The van der Waals surface area contributed by atoms with Gasteiger partial charge in [-0.15, -0.1) is 11.7 Å². The number of rotatable bonds is 6. The lowest BCUT2D eigenvalue weighted by atomic mass is 10.1. The molecule has 0 saturated heterocycles. The second-order valence-corrected chi connectivity index (χ2v) is 6.90. The van der Waals surface area contributed by atoms with E-state index in [0.29, 0.717) is 24.7 Å². The van der Waals surface area contributed by atoms with Gasteiger partial charge >= 0.3 is 0 Å². The fourth-order valence-corrected chi connectivity index (χ4v) is 3.25. The van der Waals surface area contributed by atoms with Crippen LogP contribution in [-0.4, -0.2) is 32.1 Å². The maximum atomic E-state index is 10.5. The van der Waals surface area contributed by atoms with E-state index in [4.69, 9.17) is 0 Å². The Morgan fingerprint density at radius 1 is 1.21 bits per heavy atom. The molecule has 2 aromatic carbocycles. The van der Waals surface area contributed by atoms with Crippen molar-refractivity contribution in [2.45, 2.75) is 26.0 Å². The Kier molecular flexibility index (Phi) is 5.04. The molecular formula is C22H23N5O. The first-order valence-electron chi connectivity index (χ1n) is 9.35. The van der Waals surface area contributed by atoms with Crippen LogP contribution in [0.3, 0.4) is 0 Å². The van der Waals surface area contributed by atoms with Gasteiger partial charge in [0, 0.05) is 23.4 Å². The molecule has 1 atom stereocenters. The van der Waals surface area contributed by atoms with Crippen LogP contribution in [0.4, 0.5) is 11.6 Å². The van der Waals surface area contributed by atoms with E-state index >= 15 is 0 Å². The Morgan fingerprint density at radius 3 is 2.75 bits per heavy atom. The van der Waals surface area contributed by atoms with Gasteiger partial charge in [-0.3, -0.25) is 0 Å². The summed E-state index contributed by atoms with van der Waals surface area (Å²) in [4.78, 5) is 9.14. The van der Waals surface area contributed by atoms with E-state index in [9.17, 15) is 5.11 Å². The highest BCUT2D eigenvalue weighted by molar-refractivity contribution is 5.91. The molecule has 0 saturated carbocycles. The van der Waals surface area contributed by atoms with E-state index in [0.717, 1.165) is 28.9 Å². The van der Waals surface area contributed by atoms with Gasteiger partial charge in [0.1, 0.15) is 0 Å². The van der Waals surface area contributed by atoms with Crippen LogP contribution in [0, 0.1) is 6.92 Å². The first-order valence-corrected chi connectivity index (χ1v) is 9.35. The second kappa shape index (κ2) is 7.78. The monoisotopic (exact) mass is 373 g/mol. The topological polar surface area (TPSA) is 75.3 Å². The van der Waals surface area contributed by atoms with Crippen LogP contribution in [0.2, 0.25) is 0 Å². The molecule has 0 radical (unpaired) electrons. The molecule has 1 aliphatic heterocycles. The van der Waals surface area contributed by atoms with E-state index in [2.05, 4.69) is 39.1 Å². The van der Waals surface area contributed by atoms with Crippen molar-refractivity contribution < 1.29 is 5.11 Å². The number of nitrogens with one attached hydrogen (secondary N) is 1. The molecule has 6 heteroatoms. The van der Waals surface area contributed by atoms with E-state index in [1.807, 2.05) is 49.4 Å². The third kappa shape index (κ3) is 3.73. The predicted molar refractivity (Wildman–Crippen MR) is 112 cm³/mol. The lowest BCUT2D eigenvalue weighted by molar-refractivity contribution is 0.0971. The Bertz CT molecular complexity index is 1020. The zero-order valence-electron chi connectivity index (χ0n) is 15.8. The maximum absolute atomic E-state index is 10.5. The van der Waals surface area contributed by atoms with Gasteiger partial charge in [-0.25, -0.2) is 9.67 Å². The van der Waals surface area contributed by atoms with Crippen LogP contribution in [0.25, 0.3) is 11.4 Å². The molecule has 0 aliphatic carbocycles. The average Bonchev–Trinajstić information content (AvgIpc) is 3.13. The SMILES string of the molecule is C=CCc1ccc(NCC2=Nc3nc(-c4ccccc4C)nn3C(O)C2)cc1. The summed E-state index contributed by atoms with van der Waals surface area (Å²) < 4.78 is 1.50. The van der Waals surface area contributed by atoms with Crippen LogP contribution >= 0.6 is 0 Å². The molecule has 2 N–H and O–H groups in total. The molecule has 4 rings (SSSR count). The third-order valence-corrected chi connectivity index (χ3v) is 4.79. The molecule has 28 heavy (non-hydrogen) atoms. The number of aromatic nitrogens is 3. The Balaban J connectivity index is 1.51. The minimum absolute atomic E-state index is 0.422. The predicted octanol–water partition coefficient (Wildman–Crippen LogP) is 4.06. The van der Waals surface area contributed by atoms with Crippen molar-refractivity contribution in [1.29, 1.82) is 0 Å². The number of aliphatic imine (C=N–C) groups is 1. The molecule has 1 aliphatic rings. The summed E-state index contributed by atoms with van der Waals surface area (Å²) in [5.41, 5.74) is 5.12. The summed E-state index contributed by atoms with van der Waals surface area (Å²) in [6.07, 6.45) is 2.41. The van der Waals surface area contributed by atoms with E-state index < -0.39 is 6.23 Å². The normalized spacial score (nSPS) is 15.6. The molecule has 6 nitrogen and oxygen atoms in total. The molecule has 0 bridgehead atoms. The molecule has 0 amide bonds. The zero-order valence-corrected chi connectivity index (χ0v) is 15.8. The van der Waals surface area contributed by atoms with Gasteiger partial charge in [-0.05, 0) is 36.6 Å². The zero-order chi connectivity index (χ0) is 19.5. The van der Waals surface area contributed by atoms with Crippen LogP contribution < -0.4 is 5.32 Å². The fourth-order valence-electron chi connectivity index (χ4n) is 3.25. The minimum atomic E-state index is -0.760. The summed E-state index contributed by atoms with van der Waals surface area (Å²) >= 11 is 0. The molecule has 3 aromatic rings. The van der Waals surface area contributed by atoms with Gasteiger partial charge in [0.2, 0.25) is 0 Å². The molecule has 0 spiro atoms. The maximum Gasteiger partial charge on any atom is 0.250 e. The Morgan fingerprint density at radius 2 is 2.00 bits per heavy atom. The van der Waals surface area contributed by atoms with Crippen molar-refractivity contribution in [1.82, 2.24) is 14.8 Å². The van der Waals surface area contributed by atoms with Gasteiger partial charge in [0.15, 0.2) is 12.1 Å². The number of nitrogens with zero attached hydrogens (tertiary/aromatic N) is 4. The summed E-state index contributed by atoms with van der Waals surface area (Å²) in [5, 5.41) is 18.3. The number of aryl methyl sites for hydroxylation is 1. The van der Waals surface area contributed by atoms with Crippen LogP contribution in [0.15, 0.2) is 66.2 Å². The minimum Gasteiger partial charge on any atom is -0.380 e. The summed E-state index contributed by atoms with van der Waals surface area (Å²) in [6.45, 7) is 6.32. The molecule has 1 unspecified atom stereocenters. The number of aliphatic hydroxyl groups excluding tert-OH is 1. The molecular weight excluding hydrogens is 350 g/mol. The number of aliphatic hydroxyl groups is 1. The lowest BCUT2D eigenvalue weighted by Gasteiger charge is -2.19. The van der Waals surface area contributed by atoms with Crippen molar-refractivity contribution >= 4 is 17.3 Å². The Hall–Kier alpha value is -3.25. The van der Waals surface area contributed by atoms with Crippen LogP contribution in [0.5, 0.6) is 0 Å². The van der Waals surface area contributed by atoms with Crippen molar-refractivity contribution in [2.75, 3.05) is 11.9 Å². The fraction of sp³-hybridized carbons (Fsp3) is 0.227. The van der Waals surface area contributed by atoms with Gasteiger partial charge in [-0.2, -0.15) is 4.98 Å². The lowest BCUT2D eigenvalue weighted by Crippen LogP contribution is -2.24. The largest absolute Gasteiger partial charge is 0.380 e. The van der Waals surface area contributed by atoms with Crippen molar-refractivity contribution in [3.63, 3.8) is 0 Å². The van der Waals surface area contributed by atoms with Gasteiger partial charge in [0.25, 0.3) is 5.95 Å². The standard InChI is InChI=1S/C22H23N5O/c1-3-6-16-9-11-17(12-10-16)23-14-18-13-20(28)27-22(24-18)25-21(26-27)19-8-5-4-7-15(19)2/h3-5,7-12,20,23,28H,1,6,13-14H2,2H3. The quantitative estimate of drug-likeness (QED) is 0.639. The highest BCUT2D eigenvalue weighted by atomic mass is 16.3. The molecule has 0 fully saturated rings. The van der Waals surface area contributed by atoms with Crippen LogP contribution in [-0.2, 0) is 6.42 Å². The molecule has 1 aromatic heterocycles. The van der Waals surface area contributed by atoms with Gasteiger partial charge in [0.05, 0.1) is 6.54 Å². The number of anilines is 1. The van der Waals surface area contributed by atoms with Crippen molar-refractivity contribution in [3.8, 4) is 11.4 Å². The number of fused-ring (bicyclic) bond motifs is 1. The van der Waals surface area contributed by atoms with E-state index in [1.54, 1.807) is 0 Å². The first kappa shape index (κ1) is 18.1. The number of hydrogen-bond acceptors (Lipinski definition) is 5. The average molecular weight is 373 g/mol. The van der Waals surface area contributed by atoms with Crippen LogP contribution in [0.1, 0.15) is 23.8 Å². The summed E-state index contributed by atoms with van der Waals surface area (Å²) in [7, 11) is 0. The van der Waals surface area contributed by atoms with Crippen molar-refractivity contribution in [3.05, 3.63) is 72.3 Å². The highest BCUT2D eigenvalue weighted by Crippen LogP contribution is 2.28. The first-order chi connectivity index (χ1) is 13.6.